The summed E-state index contributed by atoms with van der Waals surface area (Å²) in [4.78, 5) is 35.2. The normalized spacial score (nSPS) is 14.2. The fourth-order valence-corrected chi connectivity index (χ4v) is 4.88. The number of phosphoric acid groups is 1. The number of ether oxygens (including phenoxy) is 2. The molecule has 40 heavy (non-hydrogen) atoms. The Morgan fingerprint density at radius 1 is 0.725 bits per heavy atom. The minimum absolute atomic E-state index is 0.0126. The number of hydrogen-bond acceptors (Lipinski definition) is 8. The third-order valence-corrected chi connectivity index (χ3v) is 7.53. The molecule has 0 aromatic heterocycles. The highest BCUT2D eigenvalue weighted by Crippen LogP contribution is 2.38. The van der Waals surface area contributed by atoms with Crippen LogP contribution in [0.4, 0.5) is 0 Å². The van der Waals surface area contributed by atoms with Gasteiger partial charge in [0.2, 0.25) is 0 Å². The van der Waals surface area contributed by atoms with Crippen molar-refractivity contribution in [3.8, 4) is 0 Å². The van der Waals surface area contributed by atoms with Gasteiger partial charge < -0.3 is 27.9 Å². The van der Waals surface area contributed by atoms with Crippen molar-refractivity contribution in [2.24, 2.45) is 0 Å². The first-order valence-corrected chi connectivity index (χ1v) is 17.1. The standard InChI is InChI=1S/C30H60NO8P/c1-6-7-8-9-10-11-12-13-14-15-16-17-18-19-20-21-23-36-26-29(39-30(33)25-28(2)32)27-38-40(34,35)37-24-22-31(3,4)5/h29H,6-27H2,1-5H3. The van der Waals surface area contributed by atoms with Gasteiger partial charge in [0.15, 0.2) is 0 Å². The highest BCUT2D eigenvalue weighted by molar-refractivity contribution is 7.45. The molecular formula is C30H60NO8P. The number of rotatable bonds is 29. The molecule has 0 aliphatic rings. The van der Waals surface area contributed by atoms with Crippen molar-refractivity contribution in [2.45, 2.75) is 129 Å². The maximum absolute atomic E-state index is 12.1. The second kappa shape index (κ2) is 24.7. The van der Waals surface area contributed by atoms with Gasteiger partial charge in [-0.2, -0.15) is 0 Å². The number of carbonyl (C=O) groups is 2. The number of hydrogen-bond donors (Lipinski definition) is 0. The minimum atomic E-state index is -4.56. The molecule has 10 heteroatoms. The molecule has 2 atom stereocenters. The molecule has 0 aromatic carbocycles. The average molecular weight is 594 g/mol. The molecule has 0 aromatic rings. The van der Waals surface area contributed by atoms with Gasteiger partial charge >= 0.3 is 5.97 Å². The fourth-order valence-electron chi connectivity index (χ4n) is 4.15. The van der Waals surface area contributed by atoms with E-state index in [-0.39, 0.29) is 25.4 Å². The molecule has 0 aliphatic heterocycles. The van der Waals surface area contributed by atoms with E-state index in [0.717, 1.165) is 19.3 Å². The fraction of sp³-hybridized carbons (Fsp3) is 0.933. The number of phosphoric ester groups is 1. The lowest BCUT2D eigenvalue weighted by Crippen LogP contribution is -2.37. The van der Waals surface area contributed by atoms with Crippen LogP contribution < -0.4 is 4.89 Å². The zero-order chi connectivity index (χ0) is 30.1. The molecule has 0 rings (SSSR count). The summed E-state index contributed by atoms with van der Waals surface area (Å²) in [5, 5.41) is 0. The lowest BCUT2D eigenvalue weighted by atomic mass is 10.0. The van der Waals surface area contributed by atoms with E-state index in [4.69, 9.17) is 18.5 Å². The van der Waals surface area contributed by atoms with Crippen LogP contribution in [0.2, 0.25) is 0 Å². The Morgan fingerprint density at radius 2 is 1.20 bits per heavy atom. The third kappa shape index (κ3) is 28.7. The van der Waals surface area contributed by atoms with Crippen molar-refractivity contribution in [3.05, 3.63) is 0 Å². The number of Topliss-reactive ketones (excluding diaryl/α,β-unsaturated/α-hetero) is 1. The first kappa shape index (κ1) is 39.2. The first-order chi connectivity index (χ1) is 18.9. The van der Waals surface area contributed by atoms with Crippen LogP contribution in [-0.4, -0.2) is 76.5 Å². The van der Waals surface area contributed by atoms with Crippen molar-refractivity contribution in [1.29, 1.82) is 0 Å². The van der Waals surface area contributed by atoms with Crippen molar-refractivity contribution in [2.75, 3.05) is 54.1 Å². The van der Waals surface area contributed by atoms with Gasteiger partial charge in [-0.15, -0.1) is 0 Å². The van der Waals surface area contributed by atoms with E-state index in [1.807, 2.05) is 21.1 Å². The maximum Gasteiger partial charge on any atom is 0.313 e. The van der Waals surface area contributed by atoms with Crippen LogP contribution in [0.15, 0.2) is 0 Å². The van der Waals surface area contributed by atoms with E-state index >= 15 is 0 Å². The Bertz CT molecular complexity index is 683. The van der Waals surface area contributed by atoms with E-state index in [0.29, 0.717) is 17.6 Å². The van der Waals surface area contributed by atoms with Crippen molar-refractivity contribution >= 4 is 19.6 Å². The van der Waals surface area contributed by atoms with Gasteiger partial charge in [-0.3, -0.25) is 14.2 Å². The predicted molar refractivity (Wildman–Crippen MR) is 158 cm³/mol. The summed E-state index contributed by atoms with van der Waals surface area (Å²) in [5.41, 5.74) is 0. The quantitative estimate of drug-likeness (QED) is 0.0324. The molecule has 0 spiro atoms. The molecule has 0 saturated carbocycles. The minimum Gasteiger partial charge on any atom is -0.756 e. The van der Waals surface area contributed by atoms with Crippen molar-refractivity contribution in [3.63, 3.8) is 0 Å². The van der Waals surface area contributed by atoms with Gasteiger partial charge in [0.05, 0.1) is 34.4 Å². The highest BCUT2D eigenvalue weighted by Gasteiger charge is 2.21. The summed E-state index contributed by atoms with van der Waals surface area (Å²) in [6.07, 6.45) is 19.3. The van der Waals surface area contributed by atoms with Crippen LogP contribution in [0.25, 0.3) is 0 Å². The summed E-state index contributed by atoms with van der Waals surface area (Å²) in [6, 6.07) is 0. The van der Waals surface area contributed by atoms with Crippen LogP contribution in [0.1, 0.15) is 123 Å². The lowest BCUT2D eigenvalue weighted by Gasteiger charge is -2.28. The molecule has 0 heterocycles. The number of ketones is 1. The zero-order valence-electron chi connectivity index (χ0n) is 26.3. The molecule has 0 saturated heterocycles. The largest absolute Gasteiger partial charge is 0.756 e. The first-order valence-electron chi connectivity index (χ1n) is 15.6. The second-order valence-electron chi connectivity index (χ2n) is 12.0. The summed E-state index contributed by atoms with van der Waals surface area (Å²) in [6.45, 7) is 4.05. The van der Waals surface area contributed by atoms with E-state index in [1.165, 1.54) is 90.4 Å². The second-order valence-corrected chi connectivity index (χ2v) is 13.4. The molecule has 0 aliphatic carbocycles. The number of unbranched alkanes of at least 4 members (excludes halogenated alkanes) is 15. The van der Waals surface area contributed by atoms with Gasteiger partial charge in [-0.1, -0.05) is 103 Å². The van der Waals surface area contributed by atoms with Crippen molar-refractivity contribution < 1.29 is 42.1 Å². The Hall–Kier alpha value is -0.830. The summed E-state index contributed by atoms with van der Waals surface area (Å²) in [5.74, 6) is -1.07. The molecule has 0 amide bonds. The number of esters is 1. The smallest absolute Gasteiger partial charge is 0.313 e. The van der Waals surface area contributed by atoms with Crippen LogP contribution in [-0.2, 0) is 32.7 Å². The molecular weight excluding hydrogens is 533 g/mol. The van der Waals surface area contributed by atoms with Gasteiger partial charge in [-0.05, 0) is 13.3 Å². The maximum atomic E-state index is 12.1. The van der Waals surface area contributed by atoms with Crippen LogP contribution >= 0.6 is 7.82 Å². The molecule has 2 unspecified atom stereocenters. The van der Waals surface area contributed by atoms with Crippen molar-refractivity contribution in [1.82, 2.24) is 0 Å². The Labute approximate surface area is 244 Å². The summed E-state index contributed by atoms with van der Waals surface area (Å²) >= 11 is 0. The number of carbonyl (C=O) groups excluding carboxylic acids is 2. The van der Waals surface area contributed by atoms with Gasteiger partial charge in [0.1, 0.15) is 31.5 Å². The number of nitrogens with zero attached hydrogens (tertiary/aromatic N) is 1. The van der Waals surface area contributed by atoms with Crippen LogP contribution in [0, 0.1) is 0 Å². The lowest BCUT2D eigenvalue weighted by molar-refractivity contribution is -0.870. The van der Waals surface area contributed by atoms with Gasteiger partial charge in [0, 0.05) is 6.61 Å². The van der Waals surface area contributed by atoms with E-state index in [9.17, 15) is 19.0 Å². The van der Waals surface area contributed by atoms with E-state index in [2.05, 4.69) is 6.92 Å². The summed E-state index contributed by atoms with van der Waals surface area (Å²) < 4.78 is 33.3. The van der Waals surface area contributed by atoms with E-state index in [1.54, 1.807) is 0 Å². The van der Waals surface area contributed by atoms with Crippen LogP contribution in [0.3, 0.4) is 0 Å². The number of likely N-dealkylation sites (N-methyl/N-ethyl adjacent to an activating group) is 1. The molecule has 0 radical (unpaired) electrons. The molecule has 0 N–H and O–H groups in total. The van der Waals surface area contributed by atoms with Crippen LogP contribution in [0.5, 0.6) is 0 Å². The average Bonchev–Trinajstić information content (AvgIpc) is 2.85. The highest BCUT2D eigenvalue weighted by atomic mass is 31.2. The zero-order valence-corrected chi connectivity index (χ0v) is 27.2. The predicted octanol–water partition coefficient (Wildman–Crippen LogP) is 6.36. The molecule has 0 bridgehead atoms. The monoisotopic (exact) mass is 593 g/mol. The Morgan fingerprint density at radius 3 is 1.65 bits per heavy atom. The van der Waals surface area contributed by atoms with E-state index < -0.39 is 26.5 Å². The topological polar surface area (TPSA) is 111 Å². The molecule has 0 fully saturated rings. The molecule has 238 valence electrons. The Kier molecular flexibility index (Phi) is 24.2. The SMILES string of the molecule is CCCCCCCCCCCCCCCCCCOCC(COP(=O)([O-])OCC[N+](C)(C)C)OC(=O)CC(C)=O. The molecule has 9 nitrogen and oxygen atoms in total. The third-order valence-electron chi connectivity index (χ3n) is 6.57. The Balaban J connectivity index is 3.98. The summed E-state index contributed by atoms with van der Waals surface area (Å²) in [7, 11) is 1.20. The van der Waals surface area contributed by atoms with Gasteiger partial charge in [0.25, 0.3) is 7.82 Å². The van der Waals surface area contributed by atoms with Gasteiger partial charge in [-0.25, -0.2) is 0 Å². The number of quaternary nitrogens is 1.